The molecule has 4 aromatic rings. The van der Waals surface area contributed by atoms with Crippen LogP contribution in [0.15, 0.2) is 67.0 Å². The van der Waals surface area contributed by atoms with Gasteiger partial charge in [-0.05, 0) is 68.1 Å². The average Bonchev–Trinajstić information content (AvgIpc) is 3.26. The molecule has 0 radical (unpaired) electrons. The van der Waals surface area contributed by atoms with Crippen LogP contribution in [0.2, 0.25) is 0 Å². The highest BCUT2D eigenvalue weighted by atomic mass is 16.1. The van der Waals surface area contributed by atoms with E-state index >= 15 is 0 Å². The minimum Gasteiger partial charge on any atom is -0.321 e. The quantitative estimate of drug-likeness (QED) is 0.422. The van der Waals surface area contributed by atoms with Crippen LogP contribution in [0.4, 0.5) is 5.69 Å². The minimum atomic E-state index is -0.232. The van der Waals surface area contributed by atoms with Crippen molar-refractivity contribution in [2.24, 2.45) is 0 Å². The van der Waals surface area contributed by atoms with Gasteiger partial charge in [-0.2, -0.15) is 5.10 Å². The number of benzene rings is 2. The maximum absolute atomic E-state index is 12.9. The SMILES string of the molecule is C[C@@H]1CCC[C@H](C)N1Cc1cncc(-c2ccc3[nH]nc(C(=O)Nc4ccccc4)c3c2)c1. The molecule has 5 rings (SSSR count). The molecule has 2 N–H and O–H groups in total. The van der Waals surface area contributed by atoms with E-state index in [4.69, 9.17) is 0 Å². The minimum absolute atomic E-state index is 0.232. The molecule has 33 heavy (non-hydrogen) atoms. The lowest BCUT2D eigenvalue weighted by Crippen LogP contribution is -2.42. The largest absolute Gasteiger partial charge is 0.321 e. The van der Waals surface area contributed by atoms with Crippen molar-refractivity contribution in [3.05, 3.63) is 78.2 Å². The Morgan fingerprint density at radius 3 is 2.61 bits per heavy atom. The Bertz CT molecular complexity index is 1260. The van der Waals surface area contributed by atoms with Crippen molar-refractivity contribution < 1.29 is 4.79 Å². The van der Waals surface area contributed by atoms with E-state index in [-0.39, 0.29) is 5.91 Å². The predicted octanol–water partition coefficient (Wildman–Crippen LogP) is 5.64. The van der Waals surface area contributed by atoms with Gasteiger partial charge in [-0.15, -0.1) is 0 Å². The normalized spacial score (nSPS) is 19.0. The van der Waals surface area contributed by atoms with Gasteiger partial charge in [0.05, 0.1) is 5.52 Å². The number of hydrogen-bond acceptors (Lipinski definition) is 4. The number of H-pyrrole nitrogens is 1. The number of para-hydroxylation sites is 1. The van der Waals surface area contributed by atoms with Gasteiger partial charge >= 0.3 is 0 Å². The van der Waals surface area contributed by atoms with Gasteiger partial charge in [-0.3, -0.25) is 19.8 Å². The fourth-order valence-corrected chi connectivity index (χ4v) is 4.81. The van der Waals surface area contributed by atoms with Crippen LogP contribution in [0.25, 0.3) is 22.0 Å². The number of likely N-dealkylation sites (tertiary alicyclic amines) is 1. The first-order valence-corrected chi connectivity index (χ1v) is 11.6. The maximum Gasteiger partial charge on any atom is 0.276 e. The Hall–Kier alpha value is -3.51. The van der Waals surface area contributed by atoms with E-state index in [2.05, 4.69) is 45.3 Å². The van der Waals surface area contributed by atoms with Crippen LogP contribution >= 0.6 is 0 Å². The zero-order chi connectivity index (χ0) is 22.8. The Kier molecular flexibility index (Phi) is 5.92. The standard InChI is InChI=1S/C27H29N5O/c1-18-7-6-8-19(2)32(18)17-20-13-22(16-28-15-20)21-11-12-25-24(14-21)26(31-30-25)27(33)29-23-9-4-3-5-10-23/h3-5,9-16,18-19H,6-8,17H2,1-2H3,(H,29,33)(H,30,31)/t18-,19+. The molecule has 0 saturated carbocycles. The lowest BCUT2D eigenvalue weighted by atomic mass is 9.96. The number of aromatic nitrogens is 3. The lowest BCUT2D eigenvalue weighted by Gasteiger charge is -2.39. The Morgan fingerprint density at radius 1 is 1.03 bits per heavy atom. The molecular weight excluding hydrogens is 410 g/mol. The van der Waals surface area contributed by atoms with Crippen molar-refractivity contribution in [3.63, 3.8) is 0 Å². The van der Waals surface area contributed by atoms with Gasteiger partial charge < -0.3 is 5.32 Å². The molecule has 1 saturated heterocycles. The van der Waals surface area contributed by atoms with Crippen molar-refractivity contribution in [1.29, 1.82) is 0 Å². The van der Waals surface area contributed by atoms with E-state index in [0.717, 1.165) is 34.3 Å². The molecule has 0 bridgehead atoms. The van der Waals surface area contributed by atoms with Crippen molar-refractivity contribution in [2.45, 2.75) is 51.7 Å². The zero-order valence-electron chi connectivity index (χ0n) is 19.1. The molecule has 0 aliphatic carbocycles. The summed E-state index contributed by atoms with van der Waals surface area (Å²) < 4.78 is 0. The molecular formula is C27H29N5O. The fourth-order valence-electron chi connectivity index (χ4n) is 4.81. The Morgan fingerprint density at radius 2 is 1.82 bits per heavy atom. The number of amides is 1. The fraction of sp³-hybridized carbons (Fsp3) is 0.296. The second-order valence-electron chi connectivity index (χ2n) is 9.04. The summed E-state index contributed by atoms with van der Waals surface area (Å²) in [5.41, 5.74) is 5.23. The number of carbonyl (C=O) groups excluding carboxylic acids is 1. The van der Waals surface area contributed by atoms with Crippen LogP contribution in [-0.2, 0) is 6.54 Å². The topological polar surface area (TPSA) is 73.9 Å². The molecule has 1 aliphatic rings. The summed E-state index contributed by atoms with van der Waals surface area (Å²) in [4.78, 5) is 20.0. The van der Waals surface area contributed by atoms with E-state index in [1.54, 1.807) is 0 Å². The van der Waals surface area contributed by atoms with E-state index in [9.17, 15) is 4.79 Å². The molecule has 168 valence electrons. The number of aromatic amines is 1. The third kappa shape index (κ3) is 4.52. The summed E-state index contributed by atoms with van der Waals surface area (Å²) in [5, 5.41) is 11.0. The third-order valence-corrected chi connectivity index (χ3v) is 6.68. The van der Waals surface area contributed by atoms with Crippen LogP contribution in [0.3, 0.4) is 0 Å². The van der Waals surface area contributed by atoms with E-state index in [0.29, 0.717) is 17.8 Å². The first-order chi connectivity index (χ1) is 16.1. The van der Waals surface area contributed by atoms with Crippen LogP contribution in [0.1, 0.15) is 49.2 Å². The van der Waals surface area contributed by atoms with Crippen molar-refractivity contribution in [1.82, 2.24) is 20.1 Å². The summed E-state index contributed by atoms with van der Waals surface area (Å²) in [6.07, 6.45) is 7.66. The van der Waals surface area contributed by atoms with E-state index in [1.165, 1.54) is 24.8 Å². The summed E-state index contributed by atoms with van der Waals surface area (Å²) in [7, 11) is 0. The van der Waals surface area contributed by atoms with Gasteiger partial charge in [0, 0.05) is 47.7 Å². The number of hydrogen-bond donors (Lipinski definition) is 2. The smallest absolute Gasteiger partial charge is 0.276 e. The Balaban J connectivity index is 1.41. The molecule has 3 heterocycles. The predicted molar refractivity (Wildman–Crippen MR) is 132 cm³/mol. The molecule has 0 unspecified atom stereocenters. The molecule has 0 spiro atoms. The summed E-state index contributed by atoms with van der Waals surface area (Å²) in [6, 6.07) is 18.8. The second kappa shape index (κ2) is 9.16. The highest BCUT2D eigenvalue weighted by molar-refractivity contribution is 6.11. The molecule has 2 aromatic carbocycles. The molecule has 2 aromatic heterocycles. The third-order valence-electron chi connectivity index (χ3n) is 6.68. The lowest BCUT2D eigenvalue weighted by molar-refractivity contribution is 0.0952. The first-order valence-electron chi connectivity index (χ1n) is 11.6. The van der Waals surface area contributed by atoms with E-state index in [1.807, 2.05) is 60.9 Å². The highest BCUT2D eigenvalue weighted by Gasteiger charge is 2.24. The monoisotopic (exact) mass is 439 g/mol. The number of rotatable bonds is 5. The number of fused-ring (bicyclic) bond motifs is 1. The molecule has 1 fully saturated rings. The maximum atomic E-state index is 12.9. The Labute approximate surface area is 194 Å². The van der Waals surface area contributed by atoms with Gasteiger partial charge in [0.1, 0.15) is 0 Å². The van der Waals surface area contributed by atoms with Gasteiger partial charge in [-0.1, -0.05) is 30.7 Å². The number of pyridine rings is 1. The highest BCUT2D eigenvalue weighted by Crippen LogP contribution is 2.28. The number of anilines is 1. The van der Waals surface area contributed by atoms with Crippen LogP contribution in [-0.4, -0.2) is 38.1 Å². The molecule has 6 heteroatoms. The molecule has 6 nitrogen and oxygen atoms in total. The average molecular weight is 440 g/mol. The van der Waals surface area contributed by atoms with Crippen molar-refractivity contribution >= 4 is 22.5 Å². The zero-order valence-corrected chi connectivity index (χ0v) is 19.1. The number of nitrogens with one attached hydrogen (secondary N) is 2. The van der Waals surface area contributed by atoms with Crippen molar-refractivity contribution in [2.75, 3.05) is 5.32 Å². The van der Waals surface area contributed by atoms with Gasteiger partial charge in [0.15, 0.2) is 5.69 Å². The number of carbonyl (C=O) groups is 1. The van der Waals surface area contributed by atoms with Gasteiger partial charge in [0.25, 0.3) is 5.91 Å². The summed E-state index contributed by atoms with van der Waals surface area (Å²) in [6.45, 7) is 5.55. The number of piperidine rings is 1. The first kappa shape index (κ1) is 21.3. The van der Waals surface area contributed by atoms with Crippen LogP contribution < -0.4 is 5.32 Å². The summed E-state index contributed by atoms with van der Waals surface area (Å²) in [5.74, 6) is -0.232. The van der Waals surface area contributed by atoms with Gasteiger partial charge in [0.2, 0.25) is 0 Å². The van der Waals surface area contributed by atoms with Crippen LogP contribution in [0, 0.1) is 0 Å². The molecule has 1 amide bonds. The second-order valence-corrected chi connectivity index (χ2v) is 9.04. The number of nitrogens with zero attached hydrogens (tertiary/aromatic N) is 3. The molecule has 1 aliphatic heterocycles. The summed E-state index contributed by atoms with van der Waals surface area (Å²) >= 11 is 0. The van der Waals surface area contributed by atoms with Crippen molar-refractivity contribution in [3.8, 4) is 11.1 Å². The van der Waals surface area contributed by atoms with E-state index < -0.39 is 0 Å². The molecule has 2 atom stereocenters. The van der Waals surface area contributed by atoms with Crippen LogP contribution in [0.5, 0.6) is 0 Å². The van der Waals surface area contributed by atoms with Gasteiger partial charge in [-0.25, -0.2) is 0 Å².